The van der Waals surface area contributed by atoms with Crippen LogP contribution in [0.1, 0.15) is 34.1 Å². The van der Waals surface area contributed by atoms with Crippen LogP contribution in [0.5, 0.6) is 0 Å². The van der Waals surface area contributed by atoms with E-state index in [0.29, 0.717) is 26.2 Å². The van der Waals surface area contributed by atoms with E-state index in [1.165, 1.54) is 0 Å². The predicted octanol–water partition coefficient (Wildman–Crippen LogP) is 2.00. The van der Waals surface area contributed by atoms with Gasteiger partial charge in [0.15, 0.2) is 0 Å². The number of rotatable bonds is 5. The quantitative estimate of drug-likeness (QED) is 0.489. The molecule has 0 aromatic carbocycles. The number of carbonyl (C=O) groups is 1. The Morgan fingerprint density at radius 2 is 1.92 bits per heavy atom. The first-order valence-electron chi connectivity index (χ1n) is 4.69. The lowest BCUT2D eigenvalue weighted by Crippen LogP contribution is -2.19. The van der Waals surface area contributed by atoms with E-state index < -0.39 is 0 Å². The van der Waals surface area contributed by atoms with Crippen LogP contribution in [0.4, 0.5) is 0 Å². The SMILES string of the molecule is CCOCCC(=O)OCC(C)(C)C. The average Bonchev–Trinajstić information content (AvgIpc) is 2.00. The highest BCUT2D eigenvalue weighted by Crippen LogP contribution is 2.13. The molecule has 0 unspecified atom stereocenters. The van der Waals surface area contributed by atoms with Gasteiger partial charge in [-0.2, -0.15) is 0 Å². The molecule has 0 aromatic heterocycles. The molecule has 0 fully saturated rings. The first kappa shape index (κ1) is 12.4. The normalized spacial score (nSPS) is 11.4. The third-order valence-corrected chi connectivity index (χ3v) is 1.32. The summed E-state index contributed by atoms with van der Waals surface area (Å²) in [5.74, 6) is -0.177. The second-order valence-corrected chi connectivity index (χ2v) is 4.17. The van der Waals surface area contributed by atoms with Crippen LogP contribution < -0.4 is 0 Å². The standard InChI is InChI=1S/C10H20O3/c1-5-12-7-6-9(11)13-8-10(2,3)4/h5-8H2,1-4H3. The van der Waals surface area contributed by atoms with E-state index in [-0.39, 0.29) is 11.4 Å². The van der Waals surface area contributed by atoms with Gasteiger partial charge in [-0.1, -0.05) is 20.8 Å². The molecule has 0 aromatic rings. The molecule has 0 saturated carbocycles. The van der Waals surface area contributed by atoms with E-state index in [1.807, 2.05) is 27.7 Å². The molecule has 13 heavy (non-hydrogen) atoms. The molecule has 0 aliphatic heterocycles. The molecular formula is C10H20O3. The molecule has 0 saturated heterocycles. The smallest absolute Gasteiger partial charge is 0.308 e. The highest BCUT2D eigenvalue weighted by molar-refractivity contribution is 5.69. The maximum Gasteiger partial charge on any atom is 0.308 e. The maximum absolute atomic E-state index is 11.1. The molecule has 0 atom stereocenters. The minimum atomic E-state index is -0.177. The fraction of sp³-hybridized carbons (Fsp3) is 0.900. The van der Waals surface area contributed by atoms with Crippen molar-refractivity contribution in [2.24, 2.45) is 5.41 Å². The first-order chi connectivity index (χ1) is 5.95. The van der Waals surface area contributed by atoms with Crippen LogP contribution >= 0.6 is 0 Å². The van der Waals surface area contributed by atoms with Crippen LogP contribution in [0, 0.1) is 5.41 Å². The maximum atomic E-state index is 11.1. The lowest BCUT2D eigenvalue weighted by molar-refractivity contribution is -0.147. The summed E-state index contributed by atoms with van der Waals surface area (Å²) in [5, 5.41) is 0. The lowest BCUT2D eigenvalue weighted by atomic mass is 9.99. The summed E-state index contributed by atoms with van der Waals surface area (Å²) in [5.41, 5.74) is 0.0429. The molecule has 0 rings (SSSR count). The molecule has 0 aliphatic rings. The van der Waals surface area contributed by atoms with Gasteiger partial charge in [0.1, 0.15) is 0 Å². The summed E-state index contributed by atoms with van der Waals surface area (Å²) in [6.45, 7) is 9.57. The van der Waals surface area contributed by atoms with Crippen molar-refractivity contribution in [3.63, 3.8) is 0 Å². The van der Waals surface area contributed by atoms with E-state index in [2.05, 4.69) is 0 Å². The lowest BCUT2D eigenvalue weighted by Gasteiger charge is -2.17. The summed E-state index contributed by atoms with van der Waals surface area (Å²) in [6.07, 6.45) is 0.351. The summed E-state index contributed by atoms with van der Waals surface area (Å²) in [6, 6.07) is 0. The third kappa shape index (κ3) is 9.34. The zero-order valence-corrected chi connectivity index (χ0v) is 9.05. The van der Waals surface area contributed by atoms with Crippen LogP contribution in [0.25, 0.3) is 0 Å². The van der Waals surface area contributed by atoms with Crippen molar-refractivity contribution in [3.8, 4) is 0 Å². The minimum absolute atomic E-state index is 0.0429. The Bertz CT molecular complexity index is 147. The largest absolute Gasteiger partial charge is 0.465 e. The molecule has 0 N–H and O–H groups in total. The van der Waals surface area contributed by atoms with Crippen molar-refractivity contribution in [2.75, 3.05) is 19.8 Å². The molecule has 0 radical (unpaired) electrons. The van der Waals surface area contributed by atoms with E-state index in [1.54, 1.807) is 0 Å². The third-order valence-electron chi connectivity index (χ3n) is 1.32. The summed E-state index contributed by atoms with van der Waals surface area (Å²) >= 11 is 0. The van der Waals surface area contributed by atoms with Crippen LogP contribution in [0.2, 0.25) is 0 Å². The highest BCUT2D eigenvalue weighted by atomic mass is 16.5. The molecule has 0 amide bonds. The van der Waals surface area contributed by atoms with Crippen molar-refractivity contribution in [3.05, 3.63) is 0 Å². The van der Waals surface area contributed by atoms with Gasteiger partial charge >= 0.3 is 5.97 Å². The van der Waals surface area contributed by atoms with Gasteiger partial charge in [-0.05, 0) is 12.3 Å². The molecule has 3 heteroatoms. The van der Waals surface area contributed by atoms with Gasteiger partial charge in [0.25, 0.3) is 0 Å². The minimum Gasteiger partial charge on any atom is -0.465 e. The zero-order chi connectivity index (χ0) is 10.3. The van der Waals surface area contributed by atoms with Crippen molar-refractivity contribution in [1.29, 1.82) is 0 Å². The summed E-state index contributed by atoms with van der Waals surface area (Å²) < 4.78 is 10.1. The molecule has 0 spiro atoms. The van der Waals surface area contributed by atoms with E-state index >= 15 is 0 Å². The monoisotopic (exact) mass is 188 g/mol. The van der Waals surface area contributed by atoms with Gasteiger partial charge in [0.05, 0.1) is 19.6 Å². The molecule has 3 nitrogen and oxygen atoms in total. The highest BCUT2D eigenvalue weighted by Gasteiger charge is 2.13. The van der Waals surface area contributed by atoms with E-state index in [4.69, 9.17) is 9.47 Å². The topological polar surface area (TPSA) is 35.5 Å². The van der Waals surface area contributed by atoms with E-state index in [0.717, 1.165) is 0 Å². The van der Waals surface area contributed by atoms with E-state index in [9.17, 15) is 4.79 Å². The molecule has 0 bridgehead atoms. The molecule has 78 valence electrons. The number of hydrogen-bond acceptors (Lipinski definition) is 3. The van der Waals surface area contributed by atoms with Gasteiger partial charge < -0.3 is 9.47 Å². The Hall–Kier alpha value is -0.570. The van der Waals surface area contributed by atoms with Gasteiger partial charge in [-0.3, -0.25) is 4.79 Å². The van der Waals surface area contributed by atoms with Crippen LogP contribution in [0.3, 0.4) is 0 Å². The van der Waals surface area contributed by atoms with Crippen molar-refractivity contribution >= 4 is 5.97 Å². The Labute approximate surface area is 80.4 Å². The Morgan fingerprint density at radius 3 is 2.38 bits per heavy atom. The number of ether oxygens (including phenoxy) is 2. The predicted molar refractivity (Wildman–Crippen MR) is 51.5 cm³/mol. The fourth-order valence-electron chi connectivity index (χ4n) is 0.669. The Morgan fingerprint density at radius 1 is 1.31 bits per heavy atom. The second-order valence-electron chi connectivity index (χ2n) is 4.17. The van der Waals surface area contributed by atoms with Crippen molar-refractivity contribution in [2.45, 2.75) is 34.1 Å². The van der Waals surface area contributed by atoms with Crippen LogP contribution in [0.15, 0.2) is 0 Å². The molecule has 0 aliphatic carbocycles. The number of esters is 1. The Balaban J connectivity index is 3.41. The molecule has 0 heterocycles. The first-order valence-corrected chi connectivity index (χ1v) is 4.69. The average molecular weight is 188 g/mol. The Kier molecular flexibility index (Phi) is 5.71. The summed E-state index contributed by atoms with van der Waals surface area (Å²) in [4.78, 5) is 11.1. The van der Waals surface area contributed by atoms with Crippen LogP contribution in [-0.4, -0.2) is 25.8 Å². The zero-order valence-electron chi connectivity index (χ0n) is 9.05. The number of carbonyl (C=O) groups excluding carboxylic acids is 1. The van der Waals surface area contributed by atoms with Gasteiger partial charge in [0.2, 0.25) is 0 Å². The van der Waals surface area contributed by atoms with Gasteiger partial charge in [-0.15, -0.1) is 0 Å². The van der Waals surface area contributed by atoms with Gasteiger partial charge in [-0.25, -0.2) is 0 Å². The summed E-state index contributed by atoms with van der Waals surface area (Å²) in [7, 11) is 0. The van der Waals surface area contributed by atoms with Crippen molar-refractivity contribution < 1.29 is 14.3 Å². The van der Waals surface area contributed by atoms with Gasteiger partial charge in [0, 0.05) is 6.61 Å². The van der Waals surface area contributed by atoms with Crippen LogP contribution in [-0.2, 0) is 14.3 Å². The second kappa shape index (κ2) is 5.97. The number of hydrogen-bond donors (Lipinski definition) is 0. The fourth-order valence-corrected chi connectivity index (χ4v) is 0.669. The molecular weight excluding hydrogens is 168 g/mol. The van der Waals surface area contributed by atoms with Crippen molar-refractivity contribution in [1.82, 2.24) is 0 Å².